The van der Waals surface area contributed by atoms with Crippen molar-refractivity contribution in [2.45, 2.75) is 20.4 Å². The van der Waals surface area contributed by atoms with Gasteiger partial charge in [-0.2, -0.15) is 0 Å². The van der Waals surface area contributed by atoms with E-state index in [2.05, 4.69) is 18.0 Å². The first-order valence-electron chi connectivity index (χ1n) is 8.28. The molecule has 134 valence electrons. The van der Waals surface area contributed by atoms with Crippen molar-refractivity contribution in [3.8, 4) is 0 Å². The molecule has 3 aromatic rings. The molecule has 2 aromatic heterocycles. The number of ether oxygens (including phenoxy) is 2. The molecular weight excluding hydrogens is 352 g/mol. The van der Waals surface area contributed by atoms with E-state index in [-0.39, 0.29) is 18.2 Å². The molecule has 6 nitrogen and oxygen atoms in total. The maximum atomic E-state index is 13.0. The van der Waals surface area contributed by atoms with Gasteiger partial charge in [0.1, 0.15) is 25.2 Å². The van der Waals surface area contributed by atoms with Crippen LogP contribution in [-0.2, 0) is 20.8 Å². The summed E-state index contributed by atoms with van der Waals surface area (Å²) >= 11 is 1.48. The number of carbonyl (C=O) groups excluding carboxylic acids is 1. The van der Waals surface area contributed by atoms with Crippen molar-refractivity contribution < 1.29 is 18.7 Å². The van der Waals surface area contributed by atoms with Crippen LogP contribution in [0.15, 0.2) is 47.0 Å². The van der Waals surface area contributed by atoms with Crippen molar-refractivity contribution >= 4 is 32.6 Å². The van der Waals surface area contributed by atoms with E-state index in [9.17, 15) is 4.79 Å². The number of hydrogen-bond donors (Lipinski definition) is 0. The normalized spacial score (nSPS) is 13.8. The molecule has 1 aliphatic heterocycles. The van der Waals surface area contributed by atoms with Gasteiger partial charge in [0.15, 0.2) is 5.13 Å². The lowest BCUT2D eigenvalue weighted by atomic mass is 10.1. The average molecular weight is 370 g/mol. The molecule has 0 spiro atoms. The van der Waals surface area contributed by atoms with E-state index in [1.165, 1.54) is 17.6 Å². The first-order chi connectivity index (χ1) is 12.6. The van der Waals surface area contributed by atoms with Crippen LogP contribution in [0.2, 0.25) is 0 Å². The first-order valence-corrected chi connectivity index (χ1v) is 9.10. The monoisotopic (exact) mass is 370 g/mol. The Morgan fingerprint density at radius 3 is 2.92 bits per heavy atom. The van der Waals surface area contributed by atoms with Crippen molar-refractivity contribution in [1.29, 1.82) is 0 Å². The number of anilines is 1. The highest BCUT2D eigenvalue weighted by Crippen LogP contribution is 2.33. The van der Waals surface area contributed by atoms with Crippen LogP contribution in [0, 0.1) is 13.8 Å². The molecule has 26 heavy (non-hydrogen) atoms. The third kappa shape index (κ3) is 3.17. The number of amides is 1. The lowest BCUT2D eigenvalue weighted by Crippen LogP contribution is -2.33. The number of nitrogens with zero attached hydrogens (tertiary/aromatic N) is 2. The molecule has 0 N–H and O–H groups in total. The van der Waals surface area contributed by atoms with E-state index < -0.39 is 0 Å². The van der Waals surface area contributed by atoms with Gasteiger partial charge in [-0.15, -0.1) is 0 Å². The second-order valence-electron chi connectivity index (χ2n) is 6.10. The summed E-state index contributed by atoms with van der Waals surface area (Å²) in [5.74, 6) is 0.548. The Hall–Kier alpha value is -2.80. The Balaban J connectivity index is 1.75. The molecule has 0 saturated carbocycles. The average Bonchev–Trinajstić information content (AvgIpc) is 3.29. The highest BCUT2D eigenvalue weighted by molar-refractivity contribution is 7.22. The smallest absolute Gasteiger partial charge is 0.298 e. The van der Waals surface area contributed by atoms with Crippen LogP contribution < -0.4 is 4.90 Å². The molecule has 0 unspecified atom stereocenters. The Morgan fingerprint density at radius 2 is 2.19 bits per heavy atom. The number of fused-ring (bicyclic) bond motifs is 1. The van der Waals surface area contributed by atoms with E-state index in [1.807, 2.05) is 19.1 Å². The molecular formula is C19H18N2O4S. The van der Waals surface area contributed by atoms with Gasteiger partial charge in [0.05, 0.1) is 23.0 Å². The lowest BCUT2D eigenvalue weighted by molar-refractivity contribution is -0.120. The second kappa shape index (κ2) is 6.84. The minimum absolute atomic E-state index is 0.176. The van der Waals surface area contributed by atoms with Gasteiger partial charge in [-0.05, 0) is 43.2 Å². The number of hydrogen-bond acceptors (Lipinski definition) is 6. The molecule has 0 aliphatic carbocycles. The first kappa shape index (κ1) is 16.7. The molecule has 1 amide bonds. The predicted octanol–water partition coefficient (Wildman–Crippen LogP) is 3.93. The van der Waals surface area contributed by atoms with Crippen LogP contribution in [0.4, 0.5) is 5.13 Å². The van der Waals surface area contributed by atoms with Gasteiger partial charge >= 0.3 is 0 Å². The van der Waals surface area contributed by atoms with Gasteiger partial charge in [0.25, 0.3) is 5.91 Å². The number of benzene rings is 1. The van der Waals surface area contributed by atoms with Crippen LogP contribution in [-0.4, -0.2) is 24.1 Å². The minimum atomic E-state index is -0.297. The quantitative estimate of drug-likeness (QED) is 0.696. The number of rotatable bonds is 4. The van der Waals surface area contributed by atoms with Crippen molar-refractivity contribution in [3.05, 3.63) is 59.4 Å². The van der Waals surface area contributed by atoms with Crippen molar-refractivity contribution in [3.63, 3.8) is 0 Å². The van der Waals surface area contributed by atoms with E-state index >= 15 is 0 Å². The van der Waals surface area contributed by atoms with Crippen LogP contribution in [0.3, 0.4) is 0 Å². The predicted molar refractivity (Wildman–Crippen MR) is 99.0 cm³/mol. The molecule has 0 radical (unpaired) electrons. The summed E-state index contributed by atoms with van der Waals surface area (Å²) in [4.78, 5) is 19.3. The molecule has 0 bridgehead atoms. The molecule has 0 fully saturated rings. The molecule has 1 aliphatic rings. The van der Waals surface area contributed by atoms with Gasteiger partial charge in [-0.3, -0.25) is 9.69 Å². The van der Waals surface area contributed by atoms with E-state index in [4.69, 9.17) is 13.9 Å². The largest absolute Gasteiger partial charge is 0.494 e. The molecule has 4 rings (SSSR count). The fourth-order valence-electron chi connectivity index (χ4n) is 2.88. The van der Waals surface area contributed by atoms with Gasteiger partial charge in [-0.25, -0.2) is 4.98 Å². The number of carbonyl (C=O) groups is 1. The summed E-state index contributed by atoms with van der Waals surface area (Å²) in [5.41, 5.74) is 3.17. The van der Waals surface area contributed by atoms with E-state index in [0.29, 0.717) is 24.1 Å². The van der Waals surface area contributed by atoms with Gasteiger partial charge in [0, 0.05) is 0 Å². The Kier molecular flexibility index (Phi) is 4.38. The minimum Gasteiger partial charge on any atom is -0.494 e. The van der Waals surface area contributed by atoms with Crippen molar-refractivity contribution in [1.82, 2.24) is 4.98 Å². The zero-order chi connectivity index (χ0) is 18.1. The highest BCUT2D eigenvalue weighted by Gasteiger charge is 2.27. The van der Waals surface area contributed by atoms with E-state index in [0.717, 1.165) is 21.3 Å². The van der Waals surface area contributed by atoms with Gasteiger partial charge in [0.2, 0.25) is 5.76 Å². The maximum Gasteiger partial charge on any atom is 0.298 e. The zero-order valence-corrected chi connectivity index (χ0v) is 15.3. The van der Waals surface area contributed by atoms with Gasteiger partial charge in [-0.1, -0.05) is 17.4 Å². The summed E-state index contributed by atoms with van der Waals surface area (Å²) in [6.45, 7) is 5.15. The third-order valence-corrected chi connectivity index (χ3v) is 5.27. The van der Waals surface area contributed by atoms with Crippen LogP contribution >= 0.6 is 11.3 Å². The Labute approximate surface area is 154 Å². The maximum absolute atomic E-state index is 13.0. The number of thiazole rings is 1. The van der Waals surface area contributed by atoms with Crippen LogP contribution in [0.25, 0.3) is 10.2 Å². The standard InChI is InChI=1S/C19H18N2O4S/c1-12-8-13(2)17-15(9-12)20-19(26-17)21(10-14-4-3-5-24-14)18(22)16-11-23-6-7-25-16/h3-5,8-9,11H,6-7,10H2,1-2H3. The fraction of sp³-hybridized carbons (Fsp3) is 0.263. The van der Waals surface area contributed by atoms with E-state index in [1.54, 1.807) is 17.2 Å². The fourth-order valence-corrected chi connectivity index (χ4v) is 3.89. The van der Waals surface area contributed by atoms with Crippen molar-refractivity contribution in [2.24, 2.45) is 0 Å². The molecule has 0 saturated heterocycles. The molecule has 0 atom stereocenters. The zero-order valence-electron chi connectivity index (χ0n) is 14.5. The second-order valence-corrected chi connectivity index (χ2v) is 7.08. The lowest BCUT2D eigenvalue weighted by Gasteiger charge is -2.22. The topological polar surface area (TPSA) is 64.8 Å². The molecule has 1 aromatic carbocycles. The van der Waals surface area contributed by atoms with Crippen molar-refractivity contribution in [2.75, 3.05) is 18.1 Å². The Morgan fingerprint density at radius 1 is 1.31 bits per heavy atom. The SMILES string of the molecule is Cc1cc(C)c2sc(N(Cc3ccco3)C(=O)C3=COCCO3)nc2c1. The molecule has 7 heteroatoms. The number of furan rings is 1. The third-order valence-electron chi connectivity index (χ3n) is 4.04. The Bertz CT molecular complexity index is 975. The molecule has 3 heterocycles. The summed E-state index contributed by atoms with van der Waals surface area (Å²) in [6.07, 6.45) is 2.95. The number of aryl methyl sites for hydroxylation is 2. The summed E-state index contributed by atoms with van der Waals surface area (Å²) < 4.78 is 17.2. The van der Waals surface area contributed by atoms with Crippen LogP contribution in [0.1, 0.15) is 16.9 Å². The highest BCUT2D eigenvalue weighted by atomic mass is 32.1. The van der Waals surface area contributed by atoms with Gasteiger partial charge < -0.3 is 13.9 Å². The van der Waals surface area contributed by atoms with Crippen LogP contribution in [0.5, 0.6) is 0 Å². The summed E-state index contributed by atoms with van der Waals surface area (Å²) in [7, 11) is 0. The number of aromatic nitrogens is 1. The summed E-state index contributed by atoms with van der Waals surface area (Å²) in [5, 5.41) is 0.602. The summed E-state index contributed by atoms with van der Waals surface area (Å²) in [6, 6.07) is 7.76.